The molecule has 0 saturated carbocycles. The Morgan fingerprint density at radius 2 is 2.00 bits per heavy atom. The molecular weight excluding hydrogens is 220 g/mol. The predicted octanol–water partition coefficient (Wildman–Crippen LogP) is -0.992. The molecule has 2 unspecified atom stereocenters. The van der Waals surface area contributed by atoms with Crippen LogP contribution in [0.2, 0.25) is 0 Å². The summed E-state index contributed by atoms with van der Waals surface area (Å²) < 4.78 is 10.5. The highest BCUT2D eigenvalue weighted by Gasteiger charge is 2.42. The second kappa shape index (κ2) is 6.03. The molecule has 5 nitrogen and oxygen atoms in total. The maximum absolute atomic E-state index is 9.69. The van der Waals surface area contributed by atoms with Crippen LogP contribution in [-0.2, 0) is 9.47 Å². The van der Waals surface area contributed by atoms with Gasteiger partial charge in [0.1, 0.15) is 6.10 Å². The van der Waals surface area contributed by atoms with Crippen LogP contribution in [0.1, 0.15) is 6.92 Å². The van der Waals surface area contributed by atoms with Crippen molar-refractivity contribution in [1.82, 2.24) is 0 Å². The van der Waals surface area contributed by atoms with Gasteiger partial charge in [-0.15, -0.1) is 0 Å². The Morgan fingerprint density at radius 1 is 1.33 bits per heavy atom. The Hall–Kier alpha value is 0.150. The molecular formula is C9H18O5S. The van der Waals surface area contributed by atoms with Crippen molar-refractivity contribution >= 4 is 12.6 Å². The highest BCUT2D eigenvalue weighted by Crippen LogP contribution is 2.26. The van der Waals surface area contributed by atoms with Gasteiger partial charge in [-0.25, -0.2) is 0 Å². The molecule has 0 bridgehead atoms. The summed E-state index contributed by atoms with van der Waals surface area (Å²) in [6.07, 6.45) is -3.34. The van der Waals surface area contributed by atoms with E-state index in [1.54, 1.807) is 6.92 Å². The lowest BCUT2D eigenvalue weighted by Gasteiger charge is -2.40. The van der Waals surface area contributed by atoms with E-state index in [1.165, 1.54) is 0 Å². The summed E-state index contributed by atoms with van der Waals surface area (Å²) in [5, 5.41) is 28.3. The van der Waals surface area contributed by atoms with Crippen LogP contribution in [-0.4, -0.2) is 58.9 Å². The van der Waals surface area contributed by atoms with Gasteiger partial charge in [0.25, 0.3) is 0 Å². The van der Waals surface area contributed by atoms with Crippen LogP contribution in [0, 0.1) is 5.92 Å². The maximum atomic E-state index is 9.69. The number of aliphatic hydroxyl groups excluding tert-OH is 3. The van der Waals surface area contributed by atoms with Crippen molar-refractivity contribution < 1.29 is 24.8 Å². The molecule has 1 fully saturated rings. The average Bonchev–Trinajstić information content (AvgIpc) is 2.22. The summed E-state index contributed by atoms with van der Waals surface area (Å²) in [6, 6.07) is 0. The fraction of sp³-hybridized carbons (Fsp3) is 1.00. The van der Waals surface area contributed by atoms with Crippen molar-refractivity contribution in [2.45, 2.75) is 31.5 Å². The summed E-state index contributed by atoms with van der Waals surface area (Å²) in [5.74, 6) is 0.0383. The fourth-order valence-electron chi connectivity index (χ4n) is 1.65. The van der Waals surface area contributed by atoms with Crippen LogP contribution in [0.5, 0.6) is 0 Å². The number of thiol groups is 1. The minimum Gasteiger partial charge on any atom is -0.396 e. The van der Waals surface area contributed by atoms with Crippen molar-refractivity contribution in [2.24, 2.45) is 5.92 Å². The van der Waals surface area contributed by atoms with Crippen molar-refractivity contribution in [1.29, 1.82) is 0 Å². The number of hydrogen-bond acceptors (Lipinski definition) is 6. The van der Waals surface area contributed by atoms with E-state index < -0.39 is 24.4 Å². The molecule has 3 N–H and O–H groups in total. The van der Waals surface area contributed by atoms with Crippen molar-refractivity contribution in [2.75, 3.05) is 19.0 Å². The lowest BCUT2D eigenvalue weighted by Crippen LogP contribution is -2.55. The number of hydrogen-bond donors (Lipinski definition) is 4. The highest BCUT2D eigenvalue weighted by atomic mass is 32.1. The monoisotopic (exact) mass is 238 g/mol. The number of aliphatic hydroxyl groups is 3. The van der Waals surface area contributed by atoms with Crippen LogP contribution >= 0.6 is 12.6 Å². The van der Waals surface area contributed by atoms with E-state index in [4.69, 9.17) is 14.6 Å². The van der Waals surface area contributed by atoms with Crippen LogP contribution in [0.25, 0.3) is 0 Å². The summed E-state index contributed by atoms with van der Waals surface area (Å²) >= 11 is 3.97. The summed E-state index contributed by atoms with van der Waals surface area (Å²) in [6.45, 7) is 1.85. The zero-order chi connectivity index (χ0) is 11.4. The first-order chi connectivity index (χ1) is 7.11. The first-order valence-corrected chi connectivity index (χ1v) is 5.60. The van der Waals surface area contributed by atoms with Gasteiger partial charge in [-0.2, -0.15) is 12.6 Å². The molecule has 0 spiro atoms. The van der Waals surface area contributed by atoms with E-state index in [2.05, 4.69) is 12.6 Å². The zero-order valence-corrected chi connectivity index (χ0v) is 9.51. The fourth-order valence-corrected chi connectivity index (χ4v) is 1.75. The Balaban J connectivity index is 2.56. The lowest BCUT2D eigenvalue weighted by atomic mass is 9.90. The molecule has 1 aliphatic rings. The molecule has 0 aromatic carbocycles. The lowest BCUT2D eigenvalue weighted by molar-refractivity contribution is -0.283. The largest absolute Gasteiger partial charge is 0.396 e. The quantitative estimate of drug-likeness (QED) is 0.473. The molecule has 90 valence electrons. The van der Waals surface area contributed by atoms with Crippen LogP contribution in [0.4, 0.5) is 0 Å². The molecule has 1 heterocycles. The maximum Gasteiger partial charge on any atom is 0.186 e. The van der Waals surface area contributed by atoms with Gasteiger partial charge < -0.3 is 24.8 Å². The zero-order valence-electron chi connectivity index (χ0n) is 8.61. The SMILES string of the molecule is CC1O[C@H](OCCS)[C@@H](O)C(O)[C@@H]1CO. The third-order valence-corrected chi connectivity index (χ3v) is 2.79. The molecule has 0 amide bonds. The normalized spacial score (nSPS) is 41.8. The number of rotatable bonds is 4. The van der Waals surface area contributed by atoms with E-state index in [1.807, 2.05) is 0 Å². The van der Waals surface area contributed by atoms with Crippen LogP contribution in [0.3, 0.4) is 0 Å². The van der Waals surface area contributed by atoms with E-state index in [-0.39, 0.29) is 12.7 Å². The summed E-state index contributed by atoms with van der Waals surface area (Å²) in [5.41, 5.74) is 0. The molecule has 0 radical (unpaired) electrons. The second-order valence-electron chi connectivity index (χ2n) is 3.63. The molecule has 5 atom stereocenters. The second-order valence-corrected chi connectivity index (χ2v) is 4.08. The van der Waals surface area contributed by atoms with E-state index in [0.29, 0.717) is 12.4 Å². The smallest absolute Gasteiger partial charge is 0.186 e. The number of ether oxygens (including phenoxy) is 2. The van der Waals surface area contributed by atoms with Crippen molar-refractivity contribution in [3.63, 3.8) is 0 Å². The Morgan fingerprint density at radius 3 is 2.53 bits per heavy atom. The van der Waals surface area contributed by atoms with Gasteiger partial charge in [-0.05, 0) is 6.92 Å². The van der Waals surface area contributed by atoms with Crippen LogP contribution < -0.4 is 0 Å². The van der Waals surface area contributed by atoms with Crippen LogP contribution in [0.15, 0.2) is 0 Å². The first kappa shape index (κ1) is 13.2. The minimum atomic E-state index is -1.13. The van der Waals surface area contributed by atoms with Gasteiger partial charge in [0.05, 0.1) is 25.4 Å². The van der Waals surface area contributed by atoms with Gasteiger partial charge in [-0.1, -0.05) is 0 Å². The van der Waals surface area contributed by atoms with E-state index in [0.717, 1.165) is 0 Å². The Labute approximate surface area is 94.4 Å². The first-order valence-electron chi connectivity index (χ1n) is 4.96. The Bertz CT molecular complexity index is 191. The van der Waals surface area contributed by atoms with Gasteiger partial charge >= 0.3 is 0 Å². The molecule has 0 aliphatic carbocycles. The van der Waals surface area contributed by atoms with Crippen molar-refractivity contribution in [3.8, 4) is 0 Å². The standard InChI is InChI=1S/C9H18O5S/c1-5-6(4-10)7(11)8(12)9(14-5)13-2-3-15/h5-12,15H,2-4H2,1H3/t5?,6-,7?,8+,9+/m1/s1. The predicted molar refractivity (Wildman–Crippen MR) is 56.7 cm³/mol. The van der Waals surface area contributed by atoms with E-state index >= 15 is 0 Å². The third-order valence-electron chi connectivity index (χ3n) is 2.60. The van der Waals surface area contributed by atoms with Crippen molar-refractivity contribution in [3.05, 3.63) is 0 Å². The van der Waals surface area contributed by atoms with Gasteiger partial charge in [0.15, 0.2) is 6.29 Å². The Kier molecular flexibility index (Phi) is 5.31. The molecule has 1 aliphatic heterocycles. The highest BCUT2D eigenvalue weighted by molar-refractivity contribution is 7.80. The molecule has 1 saturated heterocycles. The minimum absolute atomic E-state index is 0.224. The molecule has 15 heavy (non-hydrogen) atoms. The summed E-state index contributed by atoms with van der Waals surface area (Å²) in [7, 11) is 0. The molecule has 1 rings (SSSR count). The topological polar surface area (TPSA) is 79.2 Å². The van der Waals surface area contributed by atoms with Gasteiger partial charge in [0, 0.05) is 11.7 Å². The molecule has 0 aromatic heterocycles. The molecule has 6 heteroatoms. The van der Waals surface area contributed by atoms with E-state index in [9.17, 15) is 10.2 Å². The average molecular weight is 238 g/mol. The molecule has 0 aromatic rings. The third kappa shape index (κ3) is 3.05. The summed E-state index contributed by atoms with van der Waals surface area (Å²) in [4.78, 5) is 0. The van der Waals surface area contributed by atoms with Gasteiger partial charge in [0.2, 0.25) is 0 Å². The van der Waals surface area contributed by atoms with Gasteiger partial charge in [-0.3, -0.25) is 0 Å².